The molecule has 0 aliphatic carbocycles. The maximum Gasteiger partial charge on any atom is 0.416 e. The molecule has 0 aliphatic rings. The largest absolute Gasteiger partial charge is 0.481 e. The lowest BCUT2D eigenvalue weighted by Gasteiger charge is -2.12. The summed E-state index contributed by atoms with van der Waals surface area (Å²) in [5.41, 5.74) is -0.715. The van der Waals surface area contributed by atoms with Crippen molar-refractivity contribution < 1.29 is 33.0 Å². The standard InChI is InChI=1S/C11H8BrF3O4/c12-8-4-6(11(13,14)15)2-1-5(8)3-7(9(16)17)10(18)19/h1-2,4,7H,3H2,(H,16,17)(H,18,19). The third-order valence-electron chi connectivity index (χ3n) is 2.40. The van der Waals surface area contributed by atoms with Crippen molar-refractivity contribution in [1.82, 2.24) is 0 Å². The highest BCUT2D eigenvalue weighted by atomic mass is 79.9. The Labute approximate surface area is 114 Å². The first-order chi connectivity index (χ1) is 8.62. The van der Waals surface area contributed by atoms with E-state index in [1.165, 1.54) is 0 Å². The van der Waals surface area contributed by atoms with Crippen molar-refractivity contribution in [3.05, 3.63) is 33.8 Å². The van der Waals surface area contributed by atoms with Gasteiger partial charge in [-0.2, -0.15) is 13.2 Å². The third-order valence-corrected chi connectivity index (χ3v) is 3.14. The number of hydrogen-bond acceptors (Lipinski definition) is 2. The van der Waals surface area contributed by atoms with Crippen LogP contribution in [0.1, 0.15) is 11.1 Å². The number of rotatable bonds is 4. The van der Waals surface area contributed by atoms with Gasteiger partial charge in [-0.25, -0.2) is 0 Å². The monoisotopic (exact) mass is 340 g/mol. The van der Waals surface area contributed by atoms with E-state index >= 15 is 0 Å². The van der Waals surface area contributed by atoms with Gasteiger partial charge >= 0.3 is 18.1 Å². The molecule has 0 amide bonds. The van der Waals surface area contributed by atoms with Crippen LogP contribution in [0, 0.1) is 5.92 Å². The fraction of sp³-hybridized carbons (Fsp3) is 0.273. The van der Waals surface area contributed by atoms with Gasteiger partial charge in [0.2, 0.25) is 0 Å². The van der Waals surface area contributed by atoms with E-state index in [-0.39, 0.29) is 10.0 Å². The molecule has 1 rings (SSSR count). The second-order valence-corrected chi connectivity index (χ2v) is 4.59. The lowest BCUT2D eigenvalue weighted by atomic mass is 9.98. The summed E-state index contributed by atoms with van der Waals surface area (Å²) in [6.45, 7) is 0. The molecule has 0 radical (unpaired) electrons. The summed E-state index contributed by atoms with van der Waals surface area (Å²) < 4.78 is 37.3. The van der Waals surface area contributed by atoms with Crippen LogP contribution in [0.3, 0.4) is 0 Å². The number of hydrogen-bond donors (Lipinski definition) is 2. The molecule has 0 atom stereocenters. The van der Waals surface area contributed by atoms with E-state index in [9.17, 15) is 22.8 Å². The highest BCUT2D eigenvalue weighted by molar-refractivity contribution is 9.10. The van der Waals surface area contributed by atoms with Gasteiger partial charge in [0, 0.05) is 4.47 Å². The lowest BCUT2D eigenvalue weighted by molar-refractivity contribution is -0.154. The Morgan fingerprint density at radius 3 is 2.11 bits per heavy atom. The van der Waals surface area contributed by atoms with Gasteiger partial charge in [-0.05, 0) is 24.1 Å². The van der Waals surface area contributed by atoms with Gasteiger partial charge in [0.15, 0.2) is 5.92 Å². The molecule has 0 saturated carbocycles. The van der Waals surface area contributed by atoms with Gasteiger partial charge in [0.1, 0.15) is 0 Å². The van der Waals surface area contributed by atoms with E-state index in [1.54, 1.807) is 0 Å². The van der Waals surface area contributed by atoms with E-state index in [1.807, 2.05) is 0 Å². The zero-order valence-corrected chi connectivity index (χ0v) is 10.8. The van der Waals surface area contributed by atoms with Crippen LogP contribution in [0.15, 0.2) is 22.7 Å². The van der Waals surface area contributed by atoms with Crippen LogP contribution in [-0.2, 0) is 22.2 Å². The van der Waals surface area contributed by atoms with Gasteiger partial charge in [-0.1, -0.05) is 22.0 Å². The number of carboxylic acids is 2. The average molecular weight is 341 g/mol. The highest BCUT2D eigenvalue weighted by Gasteiger charge is 2.32. The summed E-state index contributed by atoms with van der Waals surface area (Å²) >= 11 is 2.88. The van der Waals surface area contributed by atoms with Gasteiger partial charge in [-0.15, -0.1) is 0 Å². The van der Waals surface area contributed by atoms with Crippen LogP contribution in [0.25, 0.3) is 0 Å². The van der Waals surface area contributed by atoms with Crippen molar-refractivity contribution >= 4 is 27.9 Å². The molecule has 8 heteroatoms. The van der Waals surface area contributed by atoms with Crippen LogP contribution in [0.5, 0.6) is 0 Å². The molecular weight excluding hydrogens is 333 g/mol. The van der Waals surface area contributed by atoms with Crippen LogP contribution < -0.4 is 0 Å². The Morgan fingerprint density at radius 2 is 1.74 bits per heavy atom. The minimum Gasteiger partial charge on any atom is -0.481 e. The summed E-state index contributed by atoms with van der Waals surface area (Å²) in [5, 5.41) is 17.4. The number of carbonyl (C=O) groups is 2. The van der Waals surface area contributed by atoms with Crippen molar-refractivity contribution in [1.29, 1.82) is 0 Å². The SMILES string of the molecule is O=C(O)C(Cc1ccc(C(F)(F)F)cc1Br)C(=O)O. The molecule has 1 aromatic carbocycles. The van der Waals surface area contributed by atoms with E-state index < -0.39 is 36.0 Å². The first-order valence-corrected chi connectivity index (χ1v) is 5.73. The van der Waals surface area contributed by atoms with Crippen LogP contribution in [0.4, 0.5) is 13.2 Å². The molecule has 0 aromatic heterocycles. The Morgan fingerprint density at radius 1 is 1.21 bits per heavy atom. The Kier molecular flexibility index (Phi) is 4.56. The molecule has 4 nitrogen and oxygen atoms in total. The predicted octanol–water partition coefficient (Wildman–Crippen LogP) is 2.80. The molecule has 1 aromatic rings. The van der Waals surface area contributed by atoms with Gasteiger partial charge in [0.25, 0.3) is 0 Å². The second kappa shape index (κ2) is 5.60. The normalized spacial score (nSPS) is 11.6. The van der Waals surface area contributed by atoms with E-state index in [2.05, 4.69) is 15.9 Å². The summed E-state index contributed by atoms with van der Waals surface area (Å²) in [4.78, 5) is 21.4. The third kappa shape index (κ3) is 3.95. The fourth-order valence-electron chi connectivity index (χ4n) is 1.39. The number of aliphatic carboxylic acids is 2. The lowest BCUT2D eigenvalue weighted by Crippen LogP contribution is -2.25. The molecule has 0 heterocycles. The number of alkyl halides is 3. The summed E-state index contributed by atoms with van der Waals surface area (Å²) in [7, 11) is 0. The average Bonchev–Trinajstić information content (AvgIpc) is 2.24. The molecule has 0 saturated heterocycles. The molecular formula is C11H8BrF3O4. The van der Waals surface area contributed by atoms with E-state index in [0.29, 0.717) is 0 Å². The van der Waals surface area contributed by atoms with Gasteiger partial charge < -0.3 is 10.2 Å². The van der Waals surface area contributed by atoms with E-state index in [4.69, 9.17) is 10.2 Å². The first-order valence-electron chi connectivity index (χ1n) is 4.94. The van der Waals surface area contributed by atoms with Crippen LogP contribution in [0.2, 0.25) is 0 Å². The van der Waals surface area contributed by atoms with E-state index in [0.717, 1.165) is 18.2 Å². The second-order valence-electron chi connectivity index (χ2n) is 3.74. The number of halogens is 4. The topological polar surface area (TPSA) is 74.6 Å². The predicted molar refractivity (Wildman–Crippen MR) is 61.6 cm³/mol. The van der Waals surface area contributed by atoms with Gasteiger partial charge in [0.05, 0.1) is 5.56 Å². The maximum absolute atomic E-state index is 12.4. The Balaban J connectivity index is 3.04. The van der Waals surface area contributed by atoms with Crippen molar-refractivity contribution in [3.8, 4) is 0 Å². The molecule has 0 unspecified atom stereocenters. The molecule has 104 valence electrons. The molecule has 0 spiro atoms. The molecule has 0 bridgehead atoms. The zero-order chi connectivity index (χ0) is 14.8. The number of carboxylic acid groups (broad SMARTS) is 2. The first kappa shape index (κ1) is 15.5. The fourth-order valence-corrected chi connectivity index (χ4v) is 1.93. The van der Waals surface area contributed by atoms with Crippen LogP contribution in [-0.4, -0.2) is 22.2 Å². The number of benzene rings is 1. The summed E-state index contributed by atoms with van der Waals surface area (Å²) in [5.74, 6) is -4.79. The van der Waals surface area contributed by atoms with Crippen LogP contribution >= 0.6 is 15.9 Å². The van der Waals surface area contributed by atoms with Crippen molar-refractivity contribution in [2.45, 2.75) is 12.6 Å². The zero-order valence-electron chi connectivity index (χ0n) is 9.24. The maximum atomic E-state index is 12.4. The van der Waals surface area contributed by atoms with Crippen molar-refractivity contribution in [2.24, 2.45) is 5.92 Å². The van der Waals surface area contributed by atoms with Crippen molar-refractivity contribution in [2.75, 3.05) is 0 Å². The molecule has 0 aliphatic heterocycles. The molecule has 19 heavy (non-hydrogen) atoms. The Bertz CT molecular complexity index is 499. The minimum atomic E-state index is -4.51. The Hall–Kier alpha value is -1.57. The summed E-state index contributed by atoms with van der Waals surface area (Å²) in [6, 6.07) is 2.63. The van der Waals surface area contributed by atoms with Crippen molar-refractivity contribution in [3.63, 3.8) is 0 Å². The minimum absolute atomic E-state index is 0.0230. The highest BCUT2D eigenvalue weighted by Crippen LogP contribution is 2.32. The quantitative estimate of drug-likeness (QED) is 0.826. The smallest absolute Gasteiger partial charge is 0.416 e. The van der Waals surface area contributed by atoms with Gasteiger partial charge in [-0.3, -0.25) is 9.59 Å². The molecule has 2 N–H and O–H groups in total. The molecule has 0 fully saturated rings. The summed E-state index contributed by atoms with van der Waals surface area (Å²) in [6.07, 6.45) is -4.91.